The summed E-state index contributed by atoms with van der Waals surface area (Å²) in [6.45, 7) is 0.776. The summed E-state index contributed by atoms with van der Waals surface area (Å²) in [4.78, 5) is 30.6. The number of fused-ring (bicyclic) bond motifs is 1. The fourth-order valence-corrected chi connectivity index (χ4v) is 3.44. The SMILES string of the molecule is Cn1cc(Cl)c(C(=O)N2Cc3[nH]cnc3C(c3ccccc3)C2)n1.O=CO. The van der Waals surface area contributed by atoms with Crippen molar-refractivity contribution in [1.82, 2.24) is 24.6 Å². The number of halogens is 1. The van der Waals surface area contributed by atoms with Crippen molar-refractivity contribution in [1.29, 1.82) is 0 Å². The van der Waals surface area contributed by atoms with Crippen LogP contribution in [0.2, 0.25) is 5.02 Å². The summed E-state index contributed by atoms with van der Waals surface area (Å²) in [6.07, 6.45) is 3.32. The highest BCUT2D eigenvalue weighted by molar-refractivity contribution is 6.33. The number of carbonyl (C=O) groups is 2. The number of imidazole rings is 1. The topological polar surface area (TPSA) is 104 Å². The third-order valence-corrected chi connectivity index (χ3v) is 4.59. The molecule has 1 unspecified atom stereocenters. The average molecular weight is 388 g/mol. The monoisotopic (exact) mass is 387 g/mol. The molecule has 1 aromatic carbocycles. The van der Waals surface area contributed by atoms with Crippen molar-refractivity contribution in [3.8, 4) is 0 Å². The molecule has 1 amide bonds. The molecule has 9 heteroatoms. The van der Waals surface area contributed by atoms with Gasteiger partial charge in [0.15, 0.2) is 5.69 Å². The third-order valence-electron chi connectivity index (χ3n) is 4.31. The largest absolute Gasteiger partial charge is 0.483 e. The van der Waals surface area contributed by atoms with E-state index in [0.29, 0.717) is 18.1 Å². The Hall–Kier alpha value is -3.13. The van der Waals surface area contributed by atoms with Gasteiger partial charge in [0.1, 0.15) is 0 Å². The van der Waals surface area contributed by atoms with Crippen LogP contribution in [0.1, 0.15) is 33.4 Å². The van der Waals surface area contributed by atoms with Gasteiger partial charge >= 0.3 is 0 Å². The maximum atomic E-state index is 12.9. The van der Waals surface area contributed by atoms with Crippen molar-refractivity contribution in [2.24, 2.45) is 7.05 Å². The molecule has 4 rings (SSSR count). The van der Waals surface area contributed by atoms with Gasteiger partial charge < -0.3 is 15.0 Å². The van der Waals surface area contributed by atoms with Gasteiger partial charge in [0.2, 0.25) is 0 Å². The highest BCUT2D eigenvalue weighted by atomic mass is 35.5. The number of H-pyrrole nitrogens is 1. The van der Waals surface area contributed by atoms with Crippen LogP contribution in [0.25, 0.3) is 0 Å². The number of aryl methyl sites for hydroxylation is 1. The van der Waals surface area contributed by atoms with E-state index in [0.717, 1.165) is 17.0 Å². The number of carboxylic acid groups (broad SMARTS) is 1. The number of rotatable bonds is 2. The minimum atomic E-state index is -0.250. The molecule has 8 nitrogen and oxygen atoms in total. The van der Waals surface area contributed by atoms with Crippen LogP contribution >= 0.6 is 11.6 Å². The molecule has 0 bridgehead atoms. The highest BCUT2D eigenvalue weighted by Crippen LogP contribution is 2.32. The molecule has 3 aromatic rings. The van der Waals surface area contributed by atoms with Gasteiger partial charge in [-0.2, -0.15) is 5.10 Å². The quantitative estimate of drug-likeness (QED) is 0.656. The van der Waals surface area contributed by atoms with Crippen LogP contribution in [0, 0.1) is 0 Å². The Labute approximate surface area is 160 Å². The normalized spacial score (nSPS) is 15.5. The lowest BCUT2D eigenvalue weighted by atomic mass is 9.91. The molecule has 0 radical (unpaired) electrons. The second kappa shape index (κ2) is 8.05. The van der Waals surface area contributed by atoms with E-state index in [9.17, 15) is 4.79 Å². The molecule has 0 saturated heterocycles. The summed E-state index contributed by atoms with van der Waals surface area (Å²) in [5.74, 6) is -0.130. The van der Waals surface area contributed by atoms with Crippen LogP contribution in [0.3, 0.4) is 0 Å². The summed E-state index contributed by atoms with van der Waals surface area (Å²) >= 11 is 6.14. The van der Waals surface area contributed by atoms with E-state index in [2.05, 4.69) is 27.2 Å². The maximum absolute atomic E-state index is 12.9. The van der Waals surface area contributed by atoms with Crippen molar-refractivity contribution < 1.29 is 14.7 Å². The fraction of sp³-hybridized carbons (Fsp3) is 0.222. The summed E-state index contributed by atoms with van der Waals surface area (Å²) in [5, 5.41) is 11.5. The van der Waals surface area contributed by atoms with Gasteiger partial charge in [-0.05, 0) is 5.56 Å². The number of hydrogen-bond donors (Lipinski definition) is 2. The zero-order chi connectivity index (χ0) is 19.4. The van der Waals surface area contributed by atoms with Crippen molar-refractivity contribution in [2.45, 2.75) is 12.5 Å². The zero-order valence-corrected chi connectivity index (χ0v) is 15.3. The lowest BCUT2D eigenvalue weighted by Gasteiger charge is -2.32. The molecule has 0 spiro atoms. The van der Waals surface area contributed by atoms with Crippen molar-refractivity contribution in [3.05, 3.63) is 70.5 Å². The lowest BCUT2D eigenvalue weighted by Crippen LogP contribution is -2.39. The van der Waals surface area contributed by atoms with Gasteiger partial charge in [-0.3, -0.25) is 14.3 Å². The van der Waals surface area contributed by atoms with Crippen molar-refractivity contribution in [2.75, 3.05) is 6.54 Å². The van der Waals surface area contributed by atoms with E-state index >= 15 is 0 Å². The van der Waals surface area contributed by atoms with Gasteiger partial charge in [0.05, 0.1) is 29.3 Å². The first-order valence-electron chi connectivity index (χ1n) is 8.18. The van der Waals surface area contributed by atoms with Gasteiger partial charge in [-0.25, -0.2) is 4.98 Å². The smallest absolute Gasteiger partial charge is 0.290 e. The number of carbonyl (C=O) groups excluding carboxylic acids is 1. The fourth-order valence-electron chi connectivity index (χ4n) is 3.18. The Balaban J connectivity index is 0.000000659. The molecule has 3 heterocycles. The van der Waals surface area contributed by atoms with E-state index in [-0.39, 0.29) is 24.0 Å². The third kappa shape index (κ3) is 3.85. The number of nitrogens with one attached hydrogen (secondary N) is 1. The van der Waals surface area contributed by atoms with Crippen LogP contribution in [-0.4, -0.2) is 48.7 Å². The molecule has 0 aliphatic carbocycles. The Bertz CT molecular complexity index is 938. The Morgan fingerprint density at radius 3 is 2.70 bits per heavy atom. The first-order chi connectivity index (χ1) is 13.0. The van der Waals surface area contributed by atoms with Crippen LogP contribution in [-0.2, 0) is 18.4 Å². The van der Waals surface area contributed by atoms with Crippen molar-refractivity contribution >= 4 is 24.0 Å². The Morgan fingerprint density at radius 2 is 2.07 bits per heavy atom. The zero-order valence-electron chi connectivity index (χ0n) is 14.5. The van der Waals surface area contributed by atoms with E-state index in [1.54, 1.807) is 29.2 Å². The summed E-state index contributed by atoms with van der Waals surface area (Å²) in [6, 6.07) is 10.1. The first-order valence-corrected chi connectivity index (χ1v) is 8.56. The lowest BCUT2D eigenvalue weighted by molar-refractivity contribution is -0.122. The molecule has 1 atom stereocenters. The number of hydrogen-bond acceptors (Lipinski definition) is 4. The average Bonchev–Trinajstić information content (AvgIpc) is 3.27. The molecule has 1 aliphatic rings. The Kier molecular flexibility index (Phi) is 5.56. The van der Waals surface area contributed by atoms with Gasteiger partial charge in [-0.1, -0.05) is 41.9 Å². The second-order valence-electron chi connectivity index (χ2n) is 6.02. The van der Waals surface area contributed by atoms with E-state index < -0.39 is 0 Å². The number of benzene rings is 1. The van der Waals surface area contributed by atoms with E-state index in [4.69, 9.17) is 21.5 Å². The van der Waals surface area contributed by atoms with Gasteiger partial charge in [0, 0.05) is 25.7 Å². The summed E-state index contributed by atoms with van der Waals surface area (Å²) in [5.41, 5.74) is 3.37. The molecular formula is C18H18ClN5O3. The molecule has 2 aromatic heterocycles. The first kappa shape index (κ1) is 18.7. The summed E-state index contributed by atoms with van der Waals surface area (Å²) in [7, 11) is 1.75. The van der Waals surface area contributed by atoms with Gasteiger partial charge in [-0.15, -0.1) is 0 Å². The van der Waals surface area contributed by atoms with E-state index in [1.807, 2.05) is 18.2 Å². The molecule has 2 N–H and O–H groups in total. The number of nitrogens with zero attached hydrogens (tertiary/aromatic N) is 4. The van der Waals surface area contributed by atoms with Crippen LogP contribution in [0.4, 0.5) is 0 Å². The maximum Gasteiger partial charge on any atom is 0.290 e. The van der Waals surface area contributed by atoms with Crippen LogP contribution < -0.4 is 0 Å². The Morgan fingerprint density at radius 1 is 1.37 bits per heavy atom. The molecule has 0 saturated carbocycles. The predicted octanol–water partition coefficient (Wildman–Crippen LogP) is 2.29. The predicted molar refractivity (Wildman–Crippen MR) is 98.5 cm³/mol. The molecule has 1 aliphatic heterocycles. The van der Waals surface area contributed by atoms with Gasteiger partial charge in [0.25, 0.3) is 12.4 Å². The molecule has 140 valence electrons. The summed E-state index contributed by atoms with van der Waals surface area (Å²) < 4.78 is 1.55. The highest BCUT2D eigenvalue weighted by Gasteiger charge is 2.33. The molecular weight excluding hydrogens is 370 g/mol. The number of aromatic amines is 1. The standard InChI is InChI=1S/C17H16ClN5O.CH2O2/c1-22-8-13(18)16(21-22)17(24)23-7-12(11-5-3-2-4-6-11)15-14(9-23)19-10-20-15;2-1-3/h2-6,8,10,12H,7,9H2,1H3,(H,19,20);1H,(H,2,3). The number of amides is 1. The van der Waals surface area contributed by atoms with Crippen molar-refractivity contribution in [3.63, 3.8) is 0 Å². The van der Waals surface area contributed by atoms with Crippen LogP contribution in [0.5, 0.6) is 0 Å². The second-order valence-corrected chi connectivity index (χ2v) is 6.43. The minimum Gasteiger partial charge on any atom is -0.483 e. The molecule has 27 heavy (non-hydrogen) atoms. The minimum absolute atomic E-state index is 0.0348. The number of aromatic nitrogens is 4. The molecule has 0 fully saturated rings. The van der Waals surface area contributed by atoms with Crippen LogP contribution in [0.15, 0.2) is 42.9 Å². The van der Waals surface area contributed by atoms with E-state index in [1.165, 1.54) is 0 Å².